The normalized spacial score (nSPS) is 11.1. The fraction of sp³-hybridized carbons (Fsp3) is 0.533. The first-order valence-electron chi connectivity index (χ1n) is 7.06. The van der Waals surface area contributed by atoms with E-state index in [-0.39, 0.29) is 18.8 Å². The van der Waals surface area contributed by atoms with Crippen LogP contribution >= 0.6 is 0 Å². The molecule has 4 N–H and O–H groups in total. The van der Waals surface area contributed by atoms with Crippen molar-refractivity contribution < 1.29 is 19.1 Å². The molecule has 2 amide bonds. The number of esters is 1. The van der Waals surface area contributed by atoms with E-state index >= 15 is 0 Å². The van der Waals surface area contributed by atoms with Crippen molar-refractivity contribution in [1.82, 2.24) is 10.3 Å². The molecule has 0 fully saturated rings. The number of aromatic nitrogens is 1. The molecule has 0 saturated carbocycles. The predicted octanol–water partition coefficient (Wildman–Crippen LogP) is 1.05. The first-order valence-corrected chi connectivity index (χ1v) is 7.06. The quantitative estimate of drug-likeness (QED) is 0.681. The topological polar surface area (TPSA) is 114 Å². The molecule has 22 heavy (non-hydrogen) atoms. The third-order valence-corrected chi connectivity index (χ3v) is 3.50. The Morgan fingerprint density at radius 3 is 2.36 bits per heavy atom. The zero-order valence-corrected chi connectivity index (χ0v) is 13.6. The highest BCUT2D eigenvalue weighted by atomic mass is 16.5. The molecule has 0 aliphatic heterocycles. The Morgan fingerprint density at radius 1 is 1.27 bits per heavy atom. The van der Waals surface area contributed by atoms with Gasteiger partial charge in [0.1, 0.15) is 5.69 Å². The fourth-order valence-corrected chi connectivity index (χ4v) is 1.96. The second-order valence-corrected chi connectivity index (χ2v) is 5.78. The standard InChI is InChI=1S/C15H23N3O4/c1-6-22-13(20)10-8(2)11(18-9(10)3)12(19)17-7-15(4,5)14(16)21/h18H,6-7H2,1-5H3,(H2,16,21)(H,17,19). The molecule has 1 aromatic heterocycles. The SMILES string of the molecule is CCOC(=O)c1c(C)[nH]c(C(=O)NCC(C)(C)C(N)=O)c1C. The number of hydrogen-bond donors (Lipinski definition) is 3. The van der Waals surface area contributed by atoms with E-state index in [1.807, 2.05) is 0 Å². The van der Waals surface area contributed by atoms with E-state index in [9.17, 15) is 14.4 Å². The molecule has 7 nitrogen and oxygen atoms in total. The van der Waals surface area contributed by atoms with Crippen molar-refractivity contribution in [3.8, 4) is 0 Å². The van der Waals surface area contributed by atoms with Gasteiger partial charge >= 0.3 is 5.97 Å². The average Bonchev–Trinajstić information content (AvgIpc) is 2.71. The summed E-state index contributed by atoms with van der Waals surface area (Å²) in [5.74, 6) is -1.37. The number of carbonyl (C=O) groups is 3. The van der Waals surface area contributed by atoms with Crippen LogP contribution in [-0.2, 0) is 9.53 Å². The first-order chi connectivity index (χ1) is 10.1. The molecule has 0 unspecified atom stereocenters. The molecule has 0 aromatic carbocycles. The van der Waals surface area contributed by atoms with E-state index < -0.39 is 23.2 Å². The molecule has 1 aromatic rings. The van der Waals surface area contributed by atoms with Gasteiger partial charge in [0.05, 0.1) is 17.6 Å². The summed E-state index contributed by atoms with van der Waals surface area (Å²) in [6, 6.07) is 0. The lowest BCUT2D eigenvalue weighted by Gasteiger charge is -2.20. The molecule has 0 spiro atoms. The number of amides is 2. The average molecular weight is 309 g/mol. The molecule has 0 bridgehead atoms. The molecule has 0 aliphatic rings. The Hall–Kier alpha value is -2.31. The smallest absolute Gasteiger partial charge is 0.340 e. The molecule has 1 rings (SSSR count). The van der Waals surface area contributed by atoms with Crippen LogP contribution in [0.1, 0.15) is 52.9 Å². The monoisotopic (exact) mass is 309 g/mol. The second-order valence-electron chi connectivity index (χ2n) is 5.78. The van der Waals surface area contributed by atoms with Crippen molar-refractivity contribution in [2.24, 2.45) is 11.1 Å². The van der Waals surface area contributed by atoms with E-state index in [0.717, 1.165) is 0 Å². The number of primary amides is 1. The van der Waals surface area contributed by atoms with Crippen molar-refractivity contribution >= 4 is 17.8 Å². The third-order valence-electron chi connectivity index (χ3n) is 3.50. The first kappa shape index (κ1) is 17.7. The minimum atomic E-state index is -0.852. The zero-order chi connectivity index (χ0) is 17.1. The van der Waals surface area contributed by atoms with Crippen molar-refractivity contribution in [2.45, 2.75) is 34.6 Å². The van der Waals surface area contributed by atoms with Crippen LogP contribution in [0.2, 0.25) is 0 Å². The van der Waals surface area contributed by atoms with Gasteiger partial charge in [-0.05, 0) is 40.2 Å². The van der Waals surface area contributed by atoms with Gasteiger partial charge < -0.3 is 20.8 Å². The van der Waals surface area contributed by atoms with Crippen LogP contribution in [0.3, 0.4) is 0 Å². The number of aryl methyl sites for hydroxylation is 1. The van der Waals surface area contributed by atoms with Crippen LogP contribution in [-0.4, -0.2) is 35.9 Å². The Kier molecular flexibility index (Phi) is 5.35. The summed E-state index contributed by atoms with van der Waals surface area (Å²) in [7, 11) is 0. The number of carbonyl (C=O) groups excluding carboxylic acids is 3. The van der Waals surface area contributed by atoms with Gasteiger partial charge in [-0.15, -0.1) is 0 Å². The number of hydrogen-bond acceptors (Lipinski definition) is 4. The van der Waals surface area contributed by atoms with Crippen molar-refractivity contribution in [3.05, 3.63) is 22.5 Å². The largest absolute Gasteiger partial charge is 0.462 e. The highest BCUT2D eigenvalue weighted by molar-refractivity contribution is 6.00. The molecule has 122 valence electrons. The summed E-state index contributed by atoms with van der Waals surface area (Å²) < 4.78 is 4.98. The maximum absolute atomic E-state index is 12.2. The lowest BCUT2D eigenvalue weighted by molar-refractivity contribution is -0.125. The lowest BCUT2D eigenvalue weighted by Crippen LogP contribution is -2.42. The van der Waals surface area contributed by atoms with Crippen molar-refractivity contribution in [1.29, 1.82) is 0 Å². The third kappa shape index (κ3) is 3.66. The highest BCUT2D eigenvalue weighted by Gasteiger charge is 2.27. The number of aromatic amines is 1. The van der Waals surface area contributed by atoms with E-state index in [0.29, 0.717) is 16.8 Å². The van der Waals surface area contributed by atoms with E-state index in [1.165, 1.54) is 0 Å². The Morgan fingerprint density at radius 2 is 1.86 bits per heavy atom. The molecule has 0 radical (unpaired) electrons. The molecule has 0 atom stereocenters. The summed E-state index contributed by atoms with van der Waals surface area (Å²) in [4.78, 5) is 38.3. The van der Waals surface area contributed by atoms with Crippen LogP contribution in [0, 0.1) is 19.3 Å². The van der Waals surface area contributed by atoms with Gasteiger partial charge in [0.25, 0.3) is 5.91 Å². The van der Waals surface area contributed by atoms with E-state index in [4.69, 9.17) is 10.5 Å². The van der Waals surface area contributed by atoms with Crippen LogP contribution < -0.4 is 11.1 Å². The van der Waals surface area contributed by atoms with Crippen molar-refractivity contribution in [2.75, 3.05) is 13.2 Å². The van der Waals surface area contributed by atoms with E-state index in [2.05, 4.69) is 10.3 Å². The molecule has 0 saturated heterocycles. The summed E-state index contributed by atoms with van der Waals surface area (Å²) in [6.07, 6.45) is 0. The lowest BCUT2D eigenvalue weighted by atomic mass is 9.93. The molecular weight excluding hydrogens is 286 g/mol. The number of nitrogens with two attached hydrogens (primary N) is 1. The molecular formula is C15H23N3O4. The maximum Gasteiger partial charge on any atom is 0.340 e. The van der Waals surface area contributed by atoms with Crippen LogP contribution in [0.25, 0.3) is 0 Å². The van der Waals surface area contributed by atoms with Crippen LogP contribution in [0.4, 0.5) is 0 Å². The number of H-pyrrole nitrogens is 1. The fourth-order valence-electron chi connectivity index (χ4n) is 1.96. The number of nitrogens with one attached hydrogen (secondary N) is 2. The van der Waals surface area contributed by atoms with Gasteiger partial charge in [0.2, 0.25) is 5.91 Å². The minimum absolute atomic E-state index is 0.105. The van der Waals surface area contributed by atoms with Gasteiger partial charge in [-0.2, -0.15) is 0 Å². The summed E-state index contributed by atoms with van der Waals surface area (Å²) in [5.41, 5.74) is 6.14. The van der Waals surface area contributed by atoms with Gasteiger partial charge in [0, 0.05) is 12.2 Å². The maximum atomic E-state index is 12.2. The van der Waals surface area contributed by atoms with Gasteiger partial charge in [0.15, 0.2) is 0 Å². The molecule has 1 heterocycles. The molecule has 0 aliphatic carbocycles. The zero-order valence-electron chi connectivity index (χ0n) is 13.6. The number of rotatable bonds is 6. The van der Waals surface area contributed by atoms with Crippen molar-refractivity contribution in [3.63, 3.8) is 0 Å². The number of ether oxygens (including phenoxy) is 1. The van der Waals surface area contributed by atoms with Gasteiger partial charge in [-0.25, -0.2) is 4.79 Å². The summed E-state index contributed by atoms with van der Waals surface area (Å²) >= 11 is 0. The highest BCUT2D eigenvalue weighted by Crippen LogP contribution is 2.19. The Labute approximate surface area is 129 Å². The minimum Gasteiger partial charge on any atom is -0.462 e. The Bertz CT molecular complexity index is 602. The predicted molar refractivity (Wildman–Crippen MR) is 81.5 cm³/mol. The summed E-state index contributed by atoms with van der Waals surface area (Å²) in [6.45, 7) is 8.74. The summed E-state index contributed by atoms with van der Waals surface area (Å²) in [5, 5.41) is 2.65. The second kappa shape index (κ2) is 6.64. The van der Waals surface area contributed by atoms with Crippen LogP contribution in [0.15, 0.2) is 0 Å². The molecule has 7 heteroatoms. The Balaban J connectivity index is 2.94. The van der Waals surface area contributed by atoms with E-state index in [1.54, 1.807) is 34.6 Å². The van der Waals surface area contributed by atoms with Gasteiger partial charge in [-0.3, -0.25) is 9.59 Å². The van der Waals surface area contributed by atoms with Crippen LogP contribution in [0.5, 0.6) is 0 Å². The van der Waals surface area contributed by atoms with Gasteiger partial charge in [-0.1, -0.05) is 0 Å².